The average Bonchev–Trinajstić information content (AvgIpc) is 2.75. The number of pyridine rings is 1. The van der Waals surface area contributed by atoms with Gasteiger partial charge in [-0.1, -0.05) is 6.07 Å². The zero-order chi connectivity index (χ0) is 13.0. The second-order valence-corrected chi connectivity index (χ2v) is 4.66. The highest BCUT2D eigenvalue weighted by Gasteiger charge is 2.25. The van der Waals surface area contributed by atoms with Crippen LogP contribution in [0.25, 0.3) is 0 Å². The summed E-state index contributed by atoms with van der Waals surface area (Å²) in [6, 6.07) is 5.22. The Bertz CT molecular complexity index is 469. The summed E-state index contributed by atoms with van der Waals surface area (Å²) < 4.78 is 1.66. The quantitative estimate of drug-likeness (QED) is 0.839. The van der Waals surface area contributed by atoms with Crippen molar-refractivity contribution in [1.82, 2.24) is 9.47 Å². The normalized spacial score (nSPS) is 20.1. The zero-order valence-corrected chi connectivity index (χ0v) is 10.3. The van der Waals surface area contributed by atoms with Gasteiger partial charge in [-0.25, -0.2) is 0 Å². The van der Waals surface area contributed by atoms with Gasteiger partial charge in [0.2, 0.25) is 0 Å². The Morgan fingerprint density at radius 2 is 2.22 bits per heavy atom. The highest BCUT2D eigenvalue weighted by atomic mass is 16.4. The van der Waals surface area contributed by atoms with Crippen LogP contribution in [0.2, 0.25) is 0 Å². The molecule has 0 aromatic carbocycles. The third-order valence-electron chi connectivity index (χ3n) is 3.44. The van der Waals surface area contributed by atoms with E-state index >= 15 is 0 Å². The molecule has 0 saturated carbocycles. The predicted octanol–water partition coefficient (Wildman–Crippen LogP) is 0.787. The van der Waals surface area contributed by atoms with Crippen LogP contribution in [0.15, 0.2) is 29.2 Å². The SMILES string of the molecule is O=C(O)CC1CCCN1CCn1ccccc1=O. The van der Waals surface area contributed by atoms with E-state index < -0.39 is 5.97 Å². The molecule has 0 bridgehead atoms. The number of carbonyl (C=O) groups is 1. The third-order valence-corrected chi connectivity index (χ3v) is 3.44. The van der Waals surface area contributed by atoms with Gasteiger partial charge >= 0.3 is 5.97 Å². The van der Waals surface area contributed by atoms with Gasteiger partial charge in [0.15, 0.2) is 0 Å². The summed E-state index contributed by atoms with van der Waals surface area (Å²) in [5.74, 6) is -0.747. The summed E-state index contributed by atoms with van der Waals surface area (Å²) >= 11 is 0. The second-order valence-electron chi connectivity index (χ2n) is 4.66. The average molecular weight is 250 g/mol. The van der Waals surface area contributed by atoms with Gasteiger partial charge in [-0.15, -0.1) is 0 Å². The fraction of sp³-hybridized carbons (Fsp3) is 0.538. The Morgan fingerprint density at radius 1 is 1.39 bits per heavy atom. The Labute approximate surface area is 106 Å². The lowest BCUT2D eigenvalue weighted by atomic mass is 10.1. The summed E-state index contributed by atoms with van der Waals surface area (Å²) in [4.78, 5) is 24.5. The lowest BCUT2D eigenvalue weighted by molar-refractivity contribution is -0.138. The first-order valence-electron chi connectivity index (χ1n) is 6.28. The van der Waals surface area contributed by atoms with Crippen molar-refractivity contribution in [2.45, 2.75) is 31.8 Å². The van der Waals surface area contributed by atoms with Gasteiger partial charge in [-0.3, -0.25) is 14.5 Å². The molecule has 1 N–H and O–H groups in total. The van der Waals surface area contributed by atoms with Crippen LogP contribution in [0.5, 0.6) is 0 Å². The van der Waals surface area contributed by atoms with Gasteiger partial charge in [0.05, 0.1) is 6.42 Å². The molecule has 1 fully saturated rings. The number of hydrogen-bond acceptors (Lipinski definition) is 3. The Kier molecular flexibility index (Phi) is 4.15. The third kappa shape index (κ3) is 3.20. The predicted molar refractivity (Wildman–Crippen MR) is 67.5 cm³/mol. The Morgan fingerprint density at radius 3 is 2.94 bits per heavy atom. The first kappa shape index (κ1) is 12.8. The van der Waals surface area contributed by atoms with Crippen LogP contribution < -0.4 is 5.56 Å². The molecule has 0 spiro atoms. The number of aromatic nitrogens is 1. The van der Waals surface area contributed by atoms with Crippen molar-refractivity contribution in [3.63, 3.8) is 0 Å². The largest absolute Gasteiger partial charge is 0.481 e. The van der Waals surface area contributed by atoms with E-state index in [0.29, 0.717) is 6.54 Å². The van der Waals surface area contributed by atoms with E-state index in [9.17, 15) is 9.59 Å². The van der Waals surface area contributed by atoms with Gasteiger partial charge < -0.3 is 9.67 Å². The molecule has 1 atom stereocenters. The maximum atomic E-state index is 11.5. The molecular formula is C13H18N2O3. The number of rotatable bonds is 5. The van der Waals surface area contributed by atoms with Crippen LogP contribution in [0.4, 0.5) is 0 Å². The van der Waals surface area contributed by atoms with E-state index in [4.69, 9.17) is 5.11 Å². The van der Waals surface area contributed by atoms with E-state index in [-0.39, 0.29) is 18.0 Å². The summed E-state index contributed by atoms with van der Waals surface area (Å²) in [7, 11) is 0. The standard InChI is InChI=1S/C13H18N2O3/c16-12-5-1-2-6-15(12)9-8-14-7-3-4-11(14)10-13(17)18/h1-2,5-6,11H,3-4,7-10H2,(H,17,18). The number of nitrogens with zero attached hydrogens (tertiary/aromatic N) is 2. The van der Waals surface area contributed by atoms with Crippen molar-refractivity contribution >= 4 is 5.97 Å². The molecule has 0 amide bonds. The molecule has 98 valence electrons. The second kappa shape index (κ2) is 5.82. The highest BCUT2D eigenvalue weighted by Crippen LogP contribution is 2.19. The van der Waals surface area contributed by atoms with E-state index in [1.165, 1.54) is 0 Å². The summed E-state index contributed by atoms with van der Waals surface area (Å²) in [5.41, 5.74) is -0.00789. The minimum atomic E-state index is -0.747. The zero-order valence-electron chi connectivity index (χ0n) is 10.3. The first-order chi connectivity index (χ1) is 8.66. The van der Waals surface area contributed by atoms with Gasteiger partial charge in [0, 0.05) is 31.4 Å². The number of carboxylic acids is 1. The minimum Gasteiger partial charge on any atom is -0.481 e. The molecule has 1 saturated heterocycles. The molecule has 0 aliphatic carbocycles. The lowest BCUT2D eigenvalue weighted by Gasteiger charge is -2.23. The molecule has 1 aliphatic rings. The molecule has 5 nitrogen and oxygen atoms in total. The lowest BCUT2D eigenvalue weighted by Crippen LogP contribution is -2.35. The monoisotopic (exact) mass is 250 g/mol. The minimum absolute atomic E-state index is 0.00789. The van der Waals surface area contributed by atoms with E-state index in [2.05, 4.69) is 4.90 Å². The molecular weight excluding hydrogens is 232 g/mol. The summed E-state index contributed by atoms with van der Waals surface area (Å²) in [6.07, 6.45) is 3.95. The fourth-order valence-corrected chi connectivity index (χ4v) is 2.50. The van der Waals surface area contributed by atoms with Crippen LogP contribution in [0, 0.1) is 0 Å². The van der Waals surface area contributed by atoms with Crippen molar-refractivity contribution in [2.24, 2.45) is 0 Å². The number of hydrogen-bond donors (Lipinski definition) is 1. The van der Waals surface area contributed by atoms with Crippen molar-refractivity contribution in [3.05, 3.63) is 34.7 Å². The molecule has 5 heteroatoms. The Hall–Kier alpha value is -1.62. The van der Waals surface area contributed by atoms with Crippen LogP contribution >= 0.6 is 0 Å². The summed E-state index contributed by atoms with van der Waals surface area (Å²) in [5, 5.41) is 8.84. The molecule has 2 rings (SSSR count). The van der Waals surface area contributed by atoms with Gasteiger partial charge in [-0.2, -0.15) is 0 Å². The van der Waals surface area contributed by atoms with Crippen LogP contribution in [-0.4, -0.2) is 39.7 Å². The van der Waals surface area contributed by atoms with Crippen molar-refractivity contribution in [3.8, 4) is 0 Å². The smallest absolute Gasteiger partial charge is 0.304 e. The van der Waals surface area contributed by atoms with Crippen LogP contribution in [-0.2, 0) is 11.3 Å². The molecule has 1 unspecified atom stereocenters. The van der Waals surface area contributed by atoms with Crippen LogP contribution in [0.1, 0.15) is 19.3 Å². The van der Waals surface area contributed by atoms with E-state index in [1.54, 1.807) is 22.9 Å². The van der Waals surface area contributed by atoms with E-state index in [1.807, 2.05) is 6.07 Å². The molecule has 1 aromatic rings. The first-order valence-corrected chi connectivity index (χ1v) is 6.28. The summed E-state index contributed by atoms with van der Waals surface area (Å²) in [6.45, 7) is 2.29. The number of carboxylic acid groups (broad SMARTS) is 1. The van der Waals surface area contributed by atoms with Crippen LogP contribution in [0.3, 0.4) is 0 Å². The maximum absolute atomic E-state index is 11.5. The number of aliphatic carboxylic acids is 1. The maximum Gasteiger partial charge on any atom is 0.304 e. The van der Waals surface area contributed by atoms with E-state index in [0.717, 1.165) is 25.9 Å². The van der Waals surface area contributed by atoms with Crippen molar-refractivity contribution < 1.29 is 9.90 Å². The van der Waals surface area contributed by atoms with Gasteiger partial charge in [0.25, 0.3) is 5.56 Å². The van der Waals surface area contributed by atoms with Gasteiger partial charge in [0.1, 0.15) is 0 Å². The van der Waals surface area contributed by atoms with Gasteiger partial charge in [-0.05, 0) is 25.5 Å². The number of likely N-dealkylation sites (tertiary alicyclic amines) is 1. The highest BCUT2D eigenvalue weighted by molar-refractivity contribution is 5.67. The topological polar surface area (TPSA) is 62.5 Å². The fourth-order valence-electron chi connectivity index (χ4n) is 2.50. The Balaban J connectivity index is 1.91. The van der Waals surface area contributed by atoms with Crippen molar-refractivity contribution in [2.75, 3.05) is 13.1 Å². The molecule has 1 aromatic heterocycles. The molecule has 2 heterocycles. The van der Waals surface area contributed by atoms with Crippen molar-refractivity contribution in [1.29, 1.82) is 0 Å². The molecule has 0 radical (unpaired) electrons. The molecule has 1 aliphatic heterocycles. The molecule has 18 heavy (non-hydrogen) atoms.